The number of hydrogen-bond acceptors (Lipinski definition) is 3. The van der Waals surface area contributed by atoms with Crippen molar-refractivity contribution in [2.75, 3.05) is 12.4 Å². The van der Waals surface area contributed by atoms with Crippen molar-refractivity contribution in [1.82, 2.24) is 0 Å². The van der Waals surface area contributed by atoms with Gasteiger partial charge in [0.05, 0.1) is 13.5 Å². The molecule has 0 aliphatic heterocycles. The van der Waals surface area contributed by atoms with E-state index in [0.29, 0.717) is 6.54 Å². The average Bonchev–Trinajstić information content (AvgIpc) is 2.46. The Labute approximate surface area is 124 Å². The molecule has 0 heterocycles. The summed E-state index contributed by atoms with van der Waals surface area (Å²) in [5.74, 6) is 0.0631. The SMILES string of the molecule is COc1ccc(NCc2ccc(CC(=O)O)cc2)cc1C. The van der Waals surface area contributed by atoms with Crippen molar-refractivity contribution in [2.24, 2.45) is 0 Å². The Morgan fingerprint density at radius 3 is 2.38 bits per heavy atom. The number of carboxylic acids is 1. The molecule has 0 aliphatic rings. The molecule has 4 heteroatoms. The molecule has 110 valence electrons. The topological polar surface area (TPSA) is 58.6 Å². The number of methoxy groups -OCH3 is 1. The van der Waals surface area contributed by atoms with Crippen molar-refractivity contribution < 1.29 is 14.6 Å². The zero-order valence-electron chi connectivity index (χ0n) is 12.2. The normalized spacial score (nSPS) is 10.2. The first-order chi connectivity index (χ1) is 10.1. The lowest BCUT2D eigenvalue weighted by atomic mass is 10.1. The van der Waals surface area contributed by atoms with E-state index in [1.807, 2.05) is 49.4 Å². The van der Waals surface area contributed by atoms with Gasteiger partial charge < -0.3 is 15.2 Å². The molecule has 21 heavy (non-hydrogen) atoms. The van der Waals surface area contributed by atoms with E-state index in [4.69, 9.17) is 9.84 Å². The van der Waals surface area contributed by atoms with Gasteiger partial charge in [-0.3, -0.25) is 4.79 Å². The maximum Gasteiger partial charge on any atom is 0.307 e. The summed E-state index contributed by atoms with van der Waals surface area (Å²) in [4.78, 5) is 10.6. The molecule has 0 aliphatic carbocycles. The fourth-order valence-electron chi connectivity index (χ4n) is 2.14. The van der Waals surface area contributed by atoms with Gasteiger partial charge in [-0.2, -0.15) is 0 Å². The highest BCUT2D eigenvalue weighted by molar-refractivity contribution is 5.70. The van der Waals surface area contributed by atoms with Gasteiger partial charge in [0.1, 0.15) is 5.75 Å². The monoisotopic (exact) mass is 285 g/mol. The minimum absolute atomic E-state index is 0.0609. The van der Waals surface area contributed by atoms with E-state index in [9.17, 15) is 4.79 Å². The fraction of sp³-hybridized carbons (Fsp3) is 0.235. The molecule has 2 rings (SSSR count). The zero-order valence-corrected chi connectivity index (χ0v) is 12.2. The summed E-state index contributed by atoms with van der Waals surface area (Å²) in [5, 5.41) is 12.1. The number of benzene rings is 2. The van der Waals surface area contributed by atoms with Crippen LogP contribution in [0.5, 0.6) is 5.75 Å². The lowest BCUT2D eigenvalue weighted by Gasteiger charge is -2.10. The predicted octanol–water partition coefficient (Wildman–Crippen LogP) is 3.24. The quantitative estimate of drug-likeness (QED) is 0.855. The molecule has 0 amide bonds. The smallest absolute Gasteiger partial charge is 0.307 e. The first-order valence-corrected chi connectivity index (χ1v) is 6.76. The largest absolute Gasteiger partial charge is 0.496 e. The second-order valence-electron chi connectivity index (χ2n) is 4.92. The highest BCUT2D eigenvalue weighted by atomic mass is 16.5. The van der Waals surface area contributed by atoms with Gasteiger partial charge in [-0.1, -0.05) is 24.3 Å². The molecule has 2 aromatic rings. The van der Waals surface area contributed by atoms with Crippen LogP contribution in [-0.4, -0.2) is 18.2 Å². The Balaban J connectivity index is 1.96. The van der Waals surface area contributed by atoms with Crippen molar-refractivity contribution >= 4 is 11.7 Å². The molecule has 0 fully saturated rings. The van der Waals surface area contributed by atoms with Crippen LogP contribution < -0.4 is 10.1 Å². The van der Waals surface area contributed by atoms with E-state index >= 15 is 0 Å². The Bertz CT molecular complexity index is 620. The first kappa shape index (κ1) is 14.9. The van der Waals surface area contributed by atoms with E-state index in [1.165, 1.54) is 0 Å². The first-order valence-electron chi connectivity index (χ1n) is 6.76. The Morgan fingerprint density at radius 2 is 1.81 bits per heavy atom. The third-order valence-corrected chi connectivity index (χ3v) is 3.27. The van der Waals surface area contributed by atoms with E-state index in [1.54, 1.807) is 7.11 Å². The van der Waals surface area contributed by atoms with Crippen LogP contribution in [-0.2, 0) is 17.8 Å². The van der Waals surface area contributed by atoms with Crippen molar-refractivity contribution in [3.8, 4) is 5.75 Å². The molecule has 0 radical (unpaired) electrons. The minimum atomic E-state index is -0.811. The van der Waals surface area contributed by atoms with Crippen LogP contribution in [0.1, 0.15) is 16.7 Å². The summed E-state index contributed by atoms with van der Waals surface area (Å²) in [6.07, 6.45) is 0.0609. The van der Waals surface area contributed by atoms with Gasteiger partial charge in [0, 0.05) is 12.2 Å². The molecule has 2 aromatic carbocycles. The minimum Gasteiger partial charge on any atom is -0.496 e. The molecule has 0 atom stereocenters. The van der Waals surface area contributed by atoms with Crippen LogP contribution in [0.3, 0.4) is 0 Å². The predicted molar refractivity (Wildman–Crippen MR) is 82.8 cm³/mol. The number of carbonyl (C=O) groups is 1. The van der Waals surface area contributed by atoms with Crippen LogP contribution in [0, 0.1) is 6.92 Å². The van der Waals surface area contributed by atoms with Crippen molar-refractivity contribution in [2.45, 2.75) is 19.9 Å². The number of carboxylic acid groups (broad SMARTS) is 1. The van der Waals surface area contributed by atoms with Gasteiger partial charge >= 0.3 is 5.97 Å². The van der Waals surface area contributed by atoms with Crippen LogP contribution in [0.15, 0.2) is 42.5 Å². The molecule has 2 N–H and O–H groups in total. The van der Waals surface area contributed by atoms with E-state index in [2.05, 4.69) is 5.32 Å². The fourth-order valence-corrected chi connectivity index (χ4v) is 2.14. The number of rotatable bonds is 6. The Hall–Kier alpha value is -2.49. The molecule has 0 saturated carbocycles. The summed E-state index contributed by atoms with van der Waals surface area (Å²) in [6, 6.07) is 13.5. The van der Waals surface area contributed by atoms with Crippen molar-refractivity contribution in [3.05, 3.63) is 59.2 Å². The number of anilines is 1. The second kappa shape index (κ2) is 6.79. The highest BCUT2D eigenvalue weighted by Gasteiger charge is 2.02. The highest BCUT2D eigenvalue weighted by Crippen LogP contribution is 2.21. The summed E-state index contributed by atoms with van der Waals surface area (Å²) in [6.45, 7) is 2.70. The molecule has 0 aromatic heterocycles. The number of nitrogens with one attached hydrogen (secondary N) is 1. The summed E-state index contributed by atoms with van der Waals surface area (Å²) in [7, 11) is 1.66. The van der Waals surface area contributed by atoms with Gasteiger partial charge in [0.25, 0.3) is 0 Å². The van der Waals surface area contributed by atoms with Crippen molar-refractivity contribution in [3.63, 3.8) is 0 Å². The van der Waals surface area contributed by atoms with E-state index in [-0.39, 0.29) is 6.42 Å². The number of ether oxygens (including phenoxy) is 1. The van der Waals surface area contributed by atoms with Crippen LogP contribution in [0.4, 0.5) is 5.69 Å². The third-order valence-electron chi connectivity index (χ3n) is 3.27. The molecule has 4 nitrogen and oxygen atoms in total. The molecular weight excluding hydrogens is 266 g/mol. The third kappa shape index (κ3) is 4.24. The molecule has 0 bridgehead atoms. The average molecular weight is 285 g/mol. The van der Waals surface area contributed by atoms with Gasteiger partial charge in [-0.15, -0.1) is 0 Å². The number of aliphatic carboxylic acids is 1. The maximum atomic E-state index is 10.6. The van der Waals surface area contributed by atoms with Gasteiger partial charge in [-0.05, 0) is 41.8 Å². The number of aryl methyl sites for hydroxylation is 1. The second-order valence-corrected chi connectivity index (χ2v) is 4.92. The molecule has 0 saturated heterocycles. The van der Waals surface area contributed by atoms with Crippen molar-refractivity contribution in [1.29, 1.82) is 0 Å². The zero-order chi connectivity index (χ0) is 15.2. The van der Waals surface area contributed by atoms with Gasteiger partial charge in [0.15, 0.2) is 0 Å². The Morgan fingerprint density at radius 1 is 1.14 bits per heavy atom. The molecule has 0 spiro atoms. The Kier molecular flexibility index (Phi) is 4.82. The lowest BCUT2D eigenvalue weighted by molar-refractivity contribution is -0.136. The molecular formula is C17H19NO3. The van der Waals surface area contributed by atoms with Crippen LogP contribution in [0.25, 0.3) is 0 Å². The van der Waals surface area contributed by atoms with E-state index in [0.717, 1.165) is 28.1 Å². The van der Waals surface area contributed by atoms with Gasteiger partial charge in [0.2, 0.25) is 0 Å². The lowest BCUT2D eigenvalue weighted by Crippen LogP contribution is -2.02. The van der Waals surface area contributed by atoms with E-state index < -0.39 is 5.97 Å². The summed E-state index contributed by atoms with van der Waals surface area (Å²) < 4.78 is 5.23. The van der Waals surface area contributed by atoms with Crippen LogP contribution in [0.2, 0.25) is 0 Å². The summed E-state index contributed by atoms with van der Waals surface area (Å²) >= 11 is 0. The van der Waals surface area contributed by atoms with Crippen LogP contribution >= 0.6 is 0 Å². The molecule has 0 unspecified atom stereocenters. The van der Waals surface area contributed by atoms with Gasteiger partial charge in [-0.25, -0.2) is 0 Å². The number of hydrogen-bond donors (Lipinski definition) is 2. The summed E-state index contributed by atoms with van der Waals surface area (Å²) in [5.41, 5.74) is 4.03. The maximum absolute atomic E-state index is 10.6. The standard InChI is InChI=1S/C17H19NO3/c1-12-9-15(7-8-16(12)21-2)18-11-14-5-3-13(4-6-14)10-17(19)20/h3-9,18H,10-11H2,1-2H3,(H,19,20).